The molecule has 2 aromatic rings. The van der Waals surface area contributed by atoms with Gasteiger partial charge in [-0.1, -0.05) is 5.16 Å². The highest BCUT2D eigenvalue weighted by Gasteiger charge is 2.14. The Kier molecular flexibility index (Phi) is 3.56. The van der Waals surface area contributed by atoms with Crippen molar-refractivity contribution >= 4 is 11.9 Å². The normalized spacial score (nSPS) is 10.2. The van der Waals surface area contributed by atoms with Crippen molar-refractivity contribution in [1.29, 1.82) is 0 Å². The van der Waals surface area contributed by atoms with Crippen LogP contribution in [0.15, 0.2) is 29.0 Å². The van der Waals surface area contributed by atoms with Gasteiger partial charge in [0.25, 0.3) is 5.91 Å². The van der Waals surface area contributed by atoms with Gasteiger partial charge in [0.05, 0.1) is 24.0 Å². The van der Waals surface area contributed by atoms with E-state index in [1.54, 1.807) is 6.92 Å². The molecule has 2 aromatic heterocycles. The number of amides is 1. The van der Waals surface area contributed by atoms with Crippen LogP contribution in [0.5, 0.6) is 0 Å². The molecule has 0 radical (unpaired) electrons. The van der Waals surface area contributed by atoms with E-state index >= 15 is 0 Å². The summed E-state index contributed by atoms with van der Waals surface area (Å²) in [6.45, 7) is 1.81. The first-order chi connectivity index (χ1) is 9.08. The summed E-state index contributed by atoms with van der Waals surface area (Å²) in [5.74, 6) is -1.33. The summed E-state index contributed by atoms with van der Waals surface area (Å²) in [4.78, 5) is 26.5. The number of hydrogen-bond acceptors (Lipinski definition) is 5. The first-order valence-corrected chi connectivity index (χ1v) is 5.45. The summed E-state index contributed by atoms with van der Waals surface area (Å²) in [5.41, 5.74) is 1.20. The van der Waals surface area contributed by atoms with E-state index in [9.17, 15) is 9.59 Å². The lowest BCUT2D eigenvalue weighted by Gasteiger charge is -2.03. The number of pyridine rings is 1. The average molecular weight is 261 g/mol. The van der Waals surface area contributed by atoms with E-state index in [0.717, 1.165) is 0 Å². The van der Waals surface area contributed by atoms with Crippen LogP contribution < -0.4 is 5.32 Å². The molecule has 7 nitrogen and oxygen atoms in total. The third-order valence-electron chi connectivity index (χ3n) is 2.45. The third kappa shape index (κ3) is 2.95. The predicted molar refractivity (Wildman–Crippen MR) is 63.6 cm³/mol. The Morgan fingerprint density at radius 3 is 2.89 bits per heavy atom. The Bertz CT molecular complexity index is 621. The number of carboxylic acids is 1. The predicted octanol–water partition coefficient (Wildman–Crippen LogP) is 1.01. The Balaban J connectivity index is 2.03. The number of nitrogens with one attached hydrogen (secondary N) is 1. The van der Waals surface area contributed by atoms with Crippen molar-refractivity contribution in [2.24, 2.45) is 0 Å². The van der Waals surface area contributed by atoms with E-state index in [4.69, 9.17) is 9.63 Å². The van der Waals surface area contributed by atoms with Crippen LogP contribution in [0.25, 0.3) is 0 Å². The molecule has 98 valence electrons. The second-order valence-electron chi connectivity index (χ2n) is 3.86. The van der Waals surface area contributed by atoms with Crippen molar-refractivity contribution in [2.75, 3.05) is 0 Å². The van der Waals surface area contributed by atoms with Crippen molar-refractivity contribution in [3.8, 4) is 0 Å². The fraction of sp³-hybridized carbons (Fsp3) is 0.167. The van der Waals surface area contributed by atoms with Gasteiger partial charge in [0, 0.05) is 11.8 Å². The van der Waals surface area contributed by atoms with Gasteiger partial charge in [-0.05, 0) is 19.1 Å². The Morgan fingerprint density at radius 1 is 1.47 bits per heavy atom. The molecule has 19 heavy (non-hydrogen) atoms. The van der Waals surface area contributed by atoms with Gasteiger partial charge >= 0.3 is 5.97 Å². The summed E-state index contributed by atoms with van der Waals surface area (Å²) >= 11 is 0. The molecule has 0 aliphatic carbocycles. The second kappa shape index (κ2) is 5.30. The van der Waals surface area contributed by atoms with Gasteiger partial charge in [-0.25, -0.2) is 4.79 Å². The minimum atomic E-state index is -1.04. The monoisotopic (exact) mass is 261 g/mol. The van der Waals surface area contributed by atoms with Gasteiger partial charge in [0.2, 0.25) is 5.76 Å². The summed E-state index contributed by atoms with van der Waals surface area (Å²) < 4.78 is 4.80. The van der Waals surface area contributed by atoms with Crippen LogP contribution in [-0.4, -0.2) is 27.1 Å². The number of carboxylic acid groups (broad SMARTS) is 1. The van der Waals surface area contributed by atoms with E-state index in [1.165, 1.54) is 24.5 Å². The SMILES string of the molecule is Cc1cnoc1C(=O)NCc1cc(C(=O)O)ccn1. The number of hydrogen-bond donors (Lipinski definition) is 2. The van der Waals surface area contributed by atoms with Crippen LogP contribution in [0.2, 0.25) is 0 Å². The zero-order valence-electron chi connectivity index (χ0n) is 10.1. The highest BCUT2D eigenvalue weighted by Crippen LogP contribution is 2.06. The van der Waals surface area contributed by atoms with Crippen molar-refractivity contribution in [3.05, 3.63) is 47.1 Å². The van der Waals surface area contributed by atoms with Crippen molar-refractivity contribution in [2.45, 2.75) is 13.5 Å². The lowest BCUT2D eigenvalue weighted by molar-refractivity contribution is 0.0696. The van der Waals surface area contributed by atoms with Crippen molar-refractivity contribution in [3.63, 3.8) is 0 Å². The summed E-state index contributed by atoms with van der Waals surface area (Å²) in [6, 6.07) is 2.78. The Labute approximate surface area is 108 Å². The minimum absolute atomic E-state index is 0.111. The van der Waals surface area contributed by atoms with Gasteiger partial charge in [0.15, 0.2) is 0 Å². The maximum atomic E-state index is 11.7. The molecule has 0 saturated carbocycles. The van der Waals surface area contributed by atoms with Gasteiger partial charge in [-0.2, -0.15) is 0 Å². The number of carbonyl (C=O) groups is 2. The molecule has 2 heterocycles. The molecule has 0 unspecified atom stereocenters. The smallest absolute Gasteiger partial charge is 0.335 e. The van der Waals surface area contributed by atoms with Gasteiger partial charge in [0.1, 0.15) is 0 Å². The molecule has 2 rings (SSSR count). The number of aromatic nitrogens is 2. The molecule has 0 atom stereocenters. The van der Waals surface area contributed by atoms with Crippen molar-refractivity contribution < 1.29 is 19.2 Å². The van der Waals surface area contributed by atoms with Gasteiger partial charge < -0.3 is 14.9 Å². The number of rotatable bonds is 4. The third-order valence-corrected chi connectivity index (χ3v) is 2.45. The quantitative estimate of drug-likeness (QED) is 0.850. The molecule has 0 aromatic carbocycles. The molecule has 0 aliphatic heterocycles. The molecule has 0 saturated heterocycles. The van der Waals surface area contributed by atoms with Crippen molar-refractivity contribution in [1.82, 2.24) is 15.5 Å². The van der Waals surface area contributed by atoms with Crippen LogP contribution in [-0.2, 0) is 6.54 Å². The highest BCUT2D eigenvalue weighted by atomic mass is 16.5. The fourth-order valence-corrected chi connectivity index (χ4v) is 1.47. The molecule has 0 aliphatic rings. The van der Waals surface area contributed by atoms with Crippen LogP contribution >= 0.6 is 0 Å². The zero-order valence-corrected chi connectivity index (χ0v) is 10.1. The van der Waals surface area contributed by atoms with E-state index < -0.39 is 11.9 Å². The highest BCUT2D eigenvalue weighted by molar-refractivity contribution is 5.92. The Morgan fingerprint density at radius 2 is 2.26 bits per heavy atom. The lowest BCUT2D eigenvalue weighted by atomic mass is 10.2. The topological polar surface area (TPSA) is 105 Å². The number of nitrogens with zero attached hydrogens (tertiary/aromatic N) is 2. The summed E-state index contributed by atoms with van der Waals surface area (Å²) in [5, 5.41) is 14.9. The molecular formula is C12H11N3O4. The molecule has 0 fully saturated rings. The van der Waals surface area contributed by atoms with E-state index in [2.05, 4.69) is 15.5 Å². The number of aromatic carboxylic acids is 1. The summed E-state index contributed by atoms with van der Waals surface area (Å²) in [6.07, 6.45) is 2.82. The zero-order chi connectivity index (χ0) is 13.8. The summed E-state index contributed by atoms with van der Waals surface area (Å²) in [7, 11) is 0. The van der Waals surface area contributed by atoms with Crippen LogP contribution in [0.3, 0.4) is 0 Å². The first kappa shape index (κ1) is 12.7. The first-order valence-electron chi connectivity index (χ1n) is 5.45. The standard InChI is InChI=1S/C12H11N3O4/c1-7-5-15-19-10(7)11(16)14-6-9-4-8(12(17)18)2-3-13-9/h2-5H,6H2,1H3,(H,14,16)(H,17,18). The molecule has 0 bridgehead atoms. The molecule has 1 amide bonds. The molecule has 2 N–H and O–H groups in total. The van der Waals surface area contributed by atoms with E-state index in [-0.39, 0.29) is 17.9 Å². The van der Waals surface area contributed by atoms with Crippen LogP contribution in [0.1, 0.15) is 32.2 Å². The average Bonchev–Trinajstić information content (AvgIpc) is 2.82. The molecule has 0 spiro atoms. The molecular weight excluding hydrogens is 250 g/mol. The lowest BCUT2D eigenvalue weighted by Crippen LogP contribution is -2.23. The van der Waals surface area contributed by atoms with E-state index in [0.29, 0.717) is 11.3 Å². The Hall–Kier alpha value is -2.70. The van der Waals surface area contributed by atoms with E-state index in [1.807, 2.05) is 0 Å². The molecule has 7 heteroatoms. The van der Waals surface area contributed by atoms with Crippen LogP contribution in [0, 0.1) is 6.92 Å². The van der Waals surface area contributed by atoms with Gasteiger partial charge in [-0.3, -0.25) is 9.78 Å². The maximum Gasteiger partial charge on any atom is 0.335 e. The number of carbonyl (C=O) groups excluding carboxylic acids is 1. The minimum Gasteiger partial charge on any atom is -0.478 e. The fourth-order valence-electron chi connectivity index (χ4n) is 1.47. The second-order valence-corrected chi connectivity index (χ2v) is 3.86. The van der Waals surface area contributed by atoms with Crippen LogP contribution in [0.4, 0.5) is 0 Å². The largest absolute Gasteiger partial charge is 0.478 e. The van der Waals surface area contributed by atoms with Gasteiger partial charge in [-0.15, -0.1) is 0 Å². The maximum absolute atomic E-state index is 11.7. The number of aryl methyl sites for hydroxylation is 1.